The lowest BCUT2D eigenvalue weighted by Crippen LogP contribution is -2.19. The molecule has 0 saturated heterocycles. The molecular formula is C14H21N3O. The number of nitrogens with one attached hydrogen (secondary N) is 1. The molecule has 1 saturated carbocycles. The summed E-state index contributed by atoms with van der Waals surface area (Å²) in [5.74, 6) is 0.949. The Hall–Kier alpha value is -1.55. The Labute approximate surface area is 108 Å². The molecule has 98 valence electrons. The van der Waals surface area contributed by atoms with Gasteiger partial charge in [0.15, 0.2) is 5.84 Å². The average molecular weight is 247 g/mol. The molecule has 1 atom stereocenters. The number of rotatable bonds is 5. The number of amidine groups is 1. The van der Waals surface area contributed by atoms with Gasteiger partial charge in [0, 0.05) is 12.1 Å². The Morgan fingerprint density at radius 3 is 2.89 bits per heavy atom. The lowest BCUT2D eigenvalue weighted by molar-refractivity contribution is 0.318. The van der Waals surface area contributed by atoms with Crippen LogP contribution in [-0.2, 0) is 6.54 Å². The summed E-state index contributed by atoms with van der Waals surface area (Å²) in [5, 5.41) is 15.1. The second kappa shape index (κ2) is 4.98. The summed E-state index contributed by atoms with van der Waals surface area (Å²) in [6.07, 6.45) is 1.31. The van der Waals surface area contributed by atoms with Gasteiger partial charge in [-0.25, -0.2) is 0 Å². The highest BCUT2D eigenvalue weighted by Gasteiger charge is 2.44. The SMILES string of the molecule is CC1(C)CC1CNCc1cccc(/C(N)=N/O)c1. The van der Waals surface area contributed by atoms with Gasteiger partial charge in [0.25, 0.3) is 0 Å². The summed E-state index contributed by atoms with van der Waals surface area (Å²) in [7, 11) is 0. The second-order valence-corrected chi connectivity index (χ2v) is 5.71. The lowest BCUT2D eigenvalue weighted by Gasteiger charge is -2.07. The highest BCUT2D eigenvalue weighted by molar-refractivity contribution is 5.97. The summed E-state index contributed by atoms with van der Waals surface area (Å²) in [5.41, 5.74) is 7.99. The normalized spacial score (nSPS) is 21.9. The molecule has 0 heterocycles. The van der Waals surface area contributed by atoms with E-state index in [4.69, 9.17) is 10.9 Å². The van der Waals surface area contributed by atoms with Gasteiger partial charge in [-0.05, 0) is 35.9 Å². The van der Waals surface area contributed by atoms with Crippen molar-refractivity contribution >= 4 is 5.84 Å². The molecule has 1 aromatic carbocycles. The molecule has 0 radical (unpaired) electrons. The van der Waals surface area contributed by atoms with Crippen LogP contribution in [0.25, 0.3) is 0 Å². The zero-order valence-corrected chi connectivity index (χ0v) is 11.0. The number of hydrogen-bond donors (Lipinski definition) is 3. The highest BCUT2D eigenvalue weighted by Crippen LogP contribution is 2.50. The molecule has 0 aliphatic heterocycles. The van der Waals surface area contributed by atoms with Crippen LogP contribution in [0.15, 0.2) is 29.4 Å². The van der Waals surface area contributed by atoms with E-state index in [-0.39, 0.29) is 5.84 Å². The van der Waals surface area contributed by atoms with Crippen molar-refractivity contribution in [1.82, 2.24) is 5.32 Å². The fourth-order valence-electron chi connectivity index (χ4n) is 2.21. The predicted octanol–water partition coefficient (Wildman–Crippen LogP) is 1.92. The molecule has 1 aliphatic carbocycles. The van der Waals surface area contributed by atoms with E-state index in [1.165, 1.54) is 6.42 Å². The van der Waals surface area contributed by atoms with Gasteiger partial charge < -0.3 is 16.3 Å². The minimum absolute atomic E-state index is 0.153. The molecule has 1 aliphatic rings. The van der Waals surface area contributed by atoms with Crippen molar-refractivity contribution in [3.05, 3.63) is 35.4 Å². The number of nitrogens with zero attached hydrogens (tertiary/aromatic N) is 1. The van der Waals surface area contributed by atoms with Crippen molar-refractivity contribution in [3.8, 4) is 0 Å². The molecule has 0 aromatic heterocycles. The van der Waals surface area contributed by atoms with Crippen molar-refractivity contribution in [1.29, 1.82) is 0 Å². The first-order chi connectivity index (χ1) is 8.53. The van der Waals surface area contributed by atoms with Crippen LogP contribution in [0, 0.1) is 11.3 Å². The van der Waals surface area contributed by atoms with Crippen molar-refractivity contribution in [2.75, 3.05) is 6.54 Å². The zero-order chi connectivity index (χ0) is 13.2. The van der Waals surface area contributed by atoms with E-state index in [0.29, 0.717) is 5.41 Å². The summed E-state index contributed by atoms with van der Waals surface area (Å²) in [6.45, 7) is 6.48. The van der Waals surface area contributed by atoms with Gasteiger partial charge >= 0.3 is 0 Å². The number of nitrogens with two attached hydrogens (primary N) is 1. The van der Waals surface area contributed by atoms with Crippen molar-refractivity contribution < 1.29 is 5.21 Å². The molecule has 0 amide bonds. The molecule has 1 fully saturated rings. The third-order valence-electron chi connectivity index (χ3n) is 3.77. The van der Waals surface area contributed by atoms with Crippen LogP contribution in [0.3, 0.4) is 0 Å². The van der Waals surface area contributed by atoms with Gasteiger partial charge in [-0.3, -0.25) is 0 Å². The third-order valence-corrected chi connectivity index (χ3v) is 3.77. The Bertz CT molecular complexity index is 454. The minimum atomic E-state index is 0.153. The van der Waals surface area contributed by atoms with Crippen LogP contribution in [0.2, 0.25) is 0 Å². The first-order valence-corrected chi connectivity index (χ1v) is 6.30. The monoisotopic (exact) mass is 247 g/mol. The number of oxime groups is 1. The van der Waals surface area contributed by atoms with Crippen LogP contribution in [0.4, 0.5) is 0 Å². The molecule has 1 unspecified atom stereocenters. The fourth-order valence-corrected chi connectivity index (χ4v) is 2.21. The Kier molecular flexibility index (Phi) is 3.57. The minimum Gasteiger partial charge on any atom is -0.409 e. The van der Waals surface area contributed by atoms with Gasteiger partial charge in [0.05, 0.1) is 0 Å². The summed E-state index contributed by atoms with van der Waals surface area (Å²) in [4.78, 5) is 0. The van der Waals surface area contributed by atoms with E-state index < -0.39 is 0 Å². The molecule has 4 nitrogen and oxygen atoms in total. The van der Waals surface area contributed by atoms with Crippen LogP contribution in [-0.4, -0.2) is 17.6 Å². The summed E-state index contributed by atoms with van der Waals surface area (Å²) < 4.78 is 0. The maximum absolute atomic E-state index is 8.64. The fraction of sp³-hybridized carbons (Fsp3) is 0.500. The molecule has 0 spiro atoms. The summed E-state index contributed by atoms with van der Waals surface area (Å²) in [6, 6.07) is 7.74. The highest BCUT2D eigenvalue weighted by atomic mass is 16.4. The van der Waals surface area contributed by atoms with Crippen molar-refractivity contribution in [2.24, 2.45) is 22.2 Å². The van der Waals surface area contributed by atoms with Gasteiger partial charge in [-0.2, -0.15) is 0 Å². The molecular weight excluding hydrogens is 226 g/mol. The number of benzene rings is 1. The quantitative estimate of drug-likeness (QED) is 0.322. The summed E-state index contributed by atoms with van der Waals surface area (Å²) >= 11 is 0. The molecule has 0 bridgehead atoms. The molecule has 4 N–H and O–H groups in total. The maximum atomic E-state index is 8.64. The van der Waals surface area contributed by atoms with Gasteiger partial charge in [-0.1, -0.05) is 37.2 Å². The average Bonchev–Trinajstić information content (AvgIpc) is 2.96. The van der Waals surface area contributed by atoms with Crippen LogP contribution in [0.5, 0.6) is 0 Å². The predicted molar refractivity (Wildman–Crippen MR) is 72.5 cm³/mol. The van der Waals surface area contributed by atoms with E-state index in [1.807, 2.05) is 24.3 Å². The van der Waals surface area contributed by atoms with Crippen molar-refractivity contribution in [2.45, 2.75) is 26.8 Å². The van der Waals surface area contributed by atoms with Crippen LogP contribution in [0.1, 0.15) is 31.4 Å². The van der Waals surface area contributed by atoms with E-state index in [1.54, 1.807) is 0 Å². The van der Waals surface area contributed by atoms with Gasteiger partial charge in [0.2, 0.25) is 0 Å². The Balaban J connectivity index is 1.86. The molecule has 4 heteroatoms. The van der Waals surface area contributed by atoms with E-state index >= 15 is 0 Å². The van der Waals surface area contributed by atoms with Gasteiger partial charge in [0.1, 0.15) is 0 Å². The van der Waals surface area contributed by atoms with E-state index in [9.17, 15) is 0 Å². The molecule has 1 aromatic rings. The van der Waals surface area contributed by atoms with Crippen LogP contribution < -0.4 is 11.1 Å². The van der Waals surface area contributed by atoms with Crippen LogP contribution >= 0.6 is 0 Å². The van der Waals surface area contributed by atoms with E-state index in [0.717, 1.165) is 30.1 Å². The van der Waals surface area contributed by atoms with Gasteiger partial charge in [-0.15, -0.1) is 0 Å². The Morgan fingerprint density at radius 2 is 2.28 bits per heavy atom. The topological polar surface area (TPSA) is 70.6 Å². The first-order valence-electron chi connectivity index (χ1n) is 6.30. The molecule has 2 rings (SSSR count). The van der Waals surface area contributed by atoms with E-state index in [2.05, 4.69) is 24.3 Å². The lowest BCUT2D eigenvalue weighted by atomic mass is 10.1. The molecule has 18 heavy (non-hydrogen) atoms. The number of hydrogen-bond acceptors (Lipinski definition) is 3. The second-order valence-electron chi connectivity index (χ2n) is 5.71. The zero-order valence-electron chi connectivity index (χ0n) is 11.0. The first kappa shape index (κ1) is 12.9. The maximum Gasteiger partial charge on any atom is 0.170 e. The third kappa shape index (κ3) is 3.01. The van der Waals surface area contributed by atoms with Crippen molar-refractivity contribution in [3.63, 3.8) is 0 Å². The largest absolute Gasteiger partial charge is 0.409 e. The smallest absolute Gasteiger partial charge is 0.170 e. The Morgan fingerprint density at radius 1 is 1.56 bits per heavy atom. The standard InChI is InChI=1S/C14H21N3O/c1-14(2)7-12(14)9-16-8-10-4-3-5-11(6-10)13(15)17-18/h3-6,12,16,18H,7-9H2,1-2H3,(H2,15,17).